The molecule has 0 atom stereocenters. The van der Waals surface area contributed by atoms with E-state index in [4.69, 9.17) is 0 Å². The average Bonchev–Trinajstić information content (AvgIpc) is 2.86. The van der Waals surface area contributed by atoms with Crippen molar-refractivity contribution in [3.8, 4) is 0 Å². The zero-order chi connectivity index (χ0) is 15.4. The summed E-state index contributed by atoms with van der Waals surface area (Å²) in [4.78, 5) is 31.5. The van der Waals surface area contributed by atoms with Crippen LogP contribution in [0.2, 0.25) is 0 Å². The Hall–Kier alpha value is -1.40. The summed E-state index contributed by atoms with van der Waals surface area (Å²) < 4.78 is 1.32. The van der Waals surface area contributed by atoms with Crippen molar-refractivity contribution < 1.29 is 0 Å². The van der Waals surface area contributed by atoms with Gasteiger partial charge in [-0.1, -0.05) is 27.2 Å². The Kier molecular flexibility index (Phi) is 5.36. The number of hydrogen-bond donors (Lipinski definition) is 1. The maximum absolute atomic E-state index is 12.5. The van der Waals surface area contributed by atoms with Crippen molar-refractivity contribution in [2.24, 2.45) is 0 Å². The molecule has 0 aromatic carbocycles. The predicted octanol–water partition coefficient (Wildman–Crippen LogP) is 2.05. The highest BCUT2D eigenvalue weighted by Crippen LogP contribution is 2.21. The number of nitrogens with one attached hydrogen (secondary N) is 1. The molecule has 0 aliphatic rings. The van der Waals surface area contributed by atoms with Crippen LogP contribution in [0.3, 0.4) is 0 Å². The fourth-order valence-electron chi connectivity index (χ4n) is 2.45. The van der Waals surface area contributed by atoms with E-state index in [1.807, 2.05) is 6.07 Å². The third-order valence-corrected chi connectivity index (χ3v) is 4.87. The van der Waals surface area contributed by atoms with Gasteiger partial charge in [0.2, 0.25) is 0 Å². The lowest BCUT2D eigenvalue weighted by molar-refractivity contribution is 0.287. The topological polar surface area (TPSA) is 58.1 Å². The van der Waals surface area contributed by atoms with Gasteiger partial charge in [0.05, 0.1) is 5.39 Å². The van der Waals surface area contributed by atoms with Crippen molar-refractivity contribution in [3.63, 3.8) is 0 Å². The average molecular weight is 309 g/mol. The third-order valence-electron chi connectivity index (χ3n) is 3.75. The molecule has 116 valence electrons. The molecule has 0 fully saturated rings. The molecule has 5 nitrogen and oxygen atoms in total. The Morgan fingerprint density at radius 3 is 2.57 bits per heavy atom. The molecule has 0 radical (unpaired) electrons. The predicted molar refractivity (Wildman–Crippen MR) is 88.5 cm³/mol. The second-order valence-corrected chi connectivity index (χ2v) is 6.26. The molecule has 0 bridgehead atoms. The molecule has 0 spiro atoms. The van der Waals surface area contributed by atoms with Crippen LogP contribution in [0.15, 0.2) is 15.7 Å². The summed E-state index contributed by atoms with van der Waals surface area (Å²) in [5.41, 5.74) is -0.468. The lowest BCUT2D eigenvalue weighted by Crippen LogP contribution is -2.38. The number of likely N-dealkylation sites (N-methyl/N-ethyl adjacent to an activating group) is 1. The molecule has 0 aliphatic carbocycles. The number of fused-ring (bicyclic) bond motifs is 1. The van der Waals surface area contributed by atoms with E-state index in [0.29, 0.717) is 23.3 Å². The number of aromatic nitrogens is 2. The minimum atomic E-state index is -0.301. The van der Waals surface area contributed by atoms with E-state index in [9.17, 15) is 9.59 Å². The molecule has 2 heterocycles. The lowest BCUT2D eigenvalue weighted by Gasteiger charge is -2.17. The van der Waals surface area contributed by atoms with Gasteiger partial charge in [0, 0.05) is 18.0 Å². The highest BCUT2D eigenvalue weighted by molar-refractivity contribution is 7.18. The highest BCUT2D eigenvalue weighted by Gasteiger charge is 2.11. The van der Waals surface area contributed by atoms with Gasteiger partial charge < -0.3 is 4.90 Å². The van der Waals surface area contributed by atoms with E-state index in [2.05, 4.69) is 30.7 Å². The van der Waals surface area contributed by atoms with Crippen molar-refractivity contribution >= 4 is 21.6 Å². The zero-order valence-electron chi connectivity index (χ0n) is 12.9. The van der Waals surface area contributed by atoms with Crippen molar-refractivity contribution in [1.82, 2.24) is 14.5 Å². The minimum absolute atomic E-state index is 0.167. The second-order valence-electron chi connectivity index (χ2n) is 5.12. The molecule has 0 saturated heterocycles. The first kappa shape index (κ1) is 16.0. The molecule has 21 heavy (non-hydrogen) atoms. The monoisotopic (exact) mass is 309 g/mol. The molecular weight excluding hydrogens is 286 g/mol. The lowest BCUT2D eigenvalue weighted by atomic mass is 10.2. The number of rotatable bonds is 7. The summed E-state index contributed by atoms with van der Waals surface area (Å²) in [6, 6.07) is 1.93. The van der Waals surface area contributed by atoms with Gasteiger partial charge >= 0.3 is 5.69 Å². The van der Waals surface area contributed by atoms with E-state index in [-0.39, 0.29) is 11.2 Å². The molecule has 1 N–H and O–H groups in total. The largest absolute Gasteiger partial charge is 0.329 e. The van der Waals surface area contributed by atoms with Crippen molar-refractivity contribution in [1.29, 1.82) is 0 Å². The van der Waals surface area contributed by atoms with E-state index in [0.717, 1.165) is 30.8 Å². The Bertz CT molecular complexity index is 710. The fourth-order valence-corrected chi connectivity index (χ4v) is 3.59. The quantitative estimate of drug-likeness (QED) is 0.851. The van der Waals surface area contributed by atoms with E-state index in [1.54, 1.807) is 0 Å². The summed E-state index contributed by atoms with van der Waals surface area (Å²) in [6.45, 7) is 9.26. The number of hydrogen-bond acceptors (Lipinski definition) is 4. The van der Waals surface area contributed by atoms with Crippen molar-refractivity contribution in [2.45, 2.75) is 40.2 Å². The molecule has 6 heteroatoms. The number of nitrogens with zero attached hydrogens (tertiary/aromatic N) is 2. The number of H-pyrrole nitrogens is 1. The molecule has 2 rings (SSSR count). The van der Waals surface area contributed by atoms with Gasteiger partial charge in [-0.3, -0.25) is 14.3 Å². The molecule has 2 aromatic rings. The molecule has 2 aromatic heterocycles. The van der Waals surface area contributed by atoms with E-state index < -0.39 is 0 Å². The molecular formula is C15H23N3O2S. The molecule has 0 aliphatic heterocycles. The van der Waals surface area contributed by atoms with Crippen LogP contribution in [0.25, 0.3) is 10.2 Å². The van der Waals surface area contributed by atoms with Crippen LogP contribution in [-0.4, -0.2) is 34.1 Å². The van der Waals surface area contributed by atoms with Gasteiger partial charge in [-0.15, -0.1) is 11.3 Å². The maximum atomic E-state index is 12.5. The summed E-state index contributed by atoms with van der Waals surface area (Å²) in [5.74, 6) is 0. The second kappa shape index (κ2) is 7.04. The molecule has 0 amide bonds. The van der Waals surface area contributed by atoms with Gasteiger partial charge in [0.25, 0.3) is 5.56 Å². The van der Waals surface area contributed by atoms with E-state index >= 15 is 0 Å². The summed E-state index contributed by atoms with van der Waals surface area (Å²) in [6.07, 6.45) is 1.98. The molecule has 0 unspecified atom stereocenters. The first-order valence-electron chi connectivity index (χ1n) is 7.58. The fraction of sp³-hybridized carbons (Fsp3) is 0.600. The summed E-state index contributed by atoms with van der Waals surface area (Å²) in [7, 11) is 0. The van der Waals surface area contributed by atoms with Gasteiger partial charge in [-0.05, 0) is 25.6 Å². The van der Waals surface area contributed by atoms with Gasteiger partial charge in [0.15, 0.2) is 0 Å². The van der Waals surface area contributed by atoms with Crippen molar-refractivity contribution in [3.05, 3.63) is 31.8 Å². The Morgan fingerprint density at radius 1 is 1.24 bits per heavy atom. The number of aryl methyl sites for hydroxylation is 1. The normalized spacial score (nSPS) is 11.6. The summed E-state index contributed by atoms with van der Waals surface area (Å²) >= 11 is 1.51. The number of aromatic amines is 1. The van der Waals surface area contributed by atoms with Crippen LogP contribution in [0.4, 0.5) is 0 Å². The summed E-state index contributed by atoms with van der Waals surface area (Å²) in [5, 5.41) is 0.641. The van der Waals surface area contributed by atoms with Crippen LogP contribution < -0.4 is 11.2 Å². The zero-order valence-corrected chi connectivity index (χ0v) is 13.8. The van der Waals surface area contributed by atoms with E-state index in [1.165, 1.54) is 15.9 Å². The van der Waals surface area contributed by atoms with Crippen LogP contribution in [0.5, 0.6) is 0 Å². The smallest absolute Gasteiger partial charge is 0.302 e. The standard InChI is InChI=1S/C15H23N3O2S/c1-4-7-11-10-12-13(21-11)16-15(20)18(14(12)19)9-8-17(5-2)6-3/h10H,4-9H2,1-3H3,(H,16,20). The van der Waals surface area contributed by atoms with Crippen LogP contribution in [0.1, 0.15) is 32.1 Å². The Balaban J connectivity index is 2.36. The SMILES string of the molecule is CCCc1cc2c(=O)n(CCN(CC)CC)c(=O)[nH]c2s1. The maximum Gasteiger partial charge on any atom is 0.329 e. The van der Waals surface area contributed by atoms with Crippen LogP contribution in [-0.2, 0) is 13.0 Å². The van der Waals surface area contributed by atoms with Crippen LogP contribution >= 0.6 is 11.3 Å². The molecule has 0 saturated carbocycles. The van der Waals surface area contributed by atoms with Gasteiger partial charge in [-0.25, -0.2) is 4.79 Å². The Labute approximate surface area is 128 Å². The van der Waals surface area contributed by atoms with Crippen molar-refractivity contribution in [2.75, 3.05) is 19.6 Å². The van der Waals surface area contributed by atoms with Gasteiger partial charge in [-0.2, -0.15) is 0 Å². The number of thiophene rings is 1. The minimum Gasteiger partial charge on any atom is -0.302 e. The first-order chi connectivity index (χ1) is 10.1. The van der Waals surface area contributed by atoms with Gasteiger partial charge in [0.1, 0.15) is 4.83 Å². The first-order valence-corrected chi connectivity index (χ1v) is 8.40. The third kappa shape index (κ3) is 3.44. The highest BCUT2D eigenvalue weighted by atomic mass is 32.1. The van der Waals surface area contributed by atoms with Crippen LogP contribution in [0, 0.1) is 0 Å². The Morgan fingerprint density at radius 2 is 1.95 bits per heavy atom.